The highest BCUT2D eigenvalue weighted by Gasteiger charge is 2.10. The largest absolute Gasteiger partial charge is 0.324 e. The van der Waals surface area contributed by atoms with Crippen LogP contribution < -0.4 is 10.6 Å². The summed E-state index contributed by atoms with van der Waals surface area (Å²) >= 11 is 0. The molecule has 3 rings (SSSR count). The maximum absolute atomic E-state index is 11.8. The van der Waals surface area contributed by atoms with E-state index in [1.807, 2.05) is 12.1 Å². The lowest BCUT2D eigenvalue weighted by Gasteiger charge is -2.18. The van der Waals surface area contributed by atoms with Crippen molar-refractivity contribution < 1.29 is 4.79 Å². The molecular formula is C13H15N5O. The standard InChI is InChI=1S/C13H15N5O/c19-13(7-18-9-15-8-16-18)17-12-2-1-10-3-4-14-6-11(10)5-12/h1-2,5,8-9,14H,3-4,6-7H2,(H,17,19). The van der Waals surface area contributed by atoms with E-state index in [0.29, 0.717) is 0 Å². The minimum atomic E-state index is -0.103. The van der Waals surface area contributed by atoms with Gasteiger partial charge in [-0.05, 0) is 36.2 Å². The van der Waals surface area contributed by atoms with Crippen LogP contribution in [0.25, 0.3) is 0 Å². The molecule has 0 unspecified atom stereocenters. The first kappa shape index (κ1) is 11.9. The van der Waals surface area contributed by atoms with Crippen LogP contribution in [-0.2, 0) is 24.3 Å². The molecule has 1 aliphatic rings. The predicted molar refractivity (Wildman–Crippen MR) is 70.5 cm³/mol. The van der Waals surface area contributed by atoms with Gasteiger partial charge in [-0.1, -0.05) is 6.07 Å². The highest BCUT2D eigenvalue weighted by atomic mass is 16.2. The van der Waals surface area contributed by atoms with E-state index in [2.05, 4.69) is 26.8 Å². The second-order valence-electron chi connectivity index (χ2n) is 4.55. The maximum Gasteiger partial charge on any atom is 0.246 e. The second-order valence-corrected chi connectivity index (χ2v) is 4.55. The van der Waals surface area contributed by atoms with Crippen LogP contribution in [-0.4, -0.2) is 27.2 Å². The number of amides is 1. The van der Waals surface area contributed by atoms with E-state index in [1.54, 1.807) is 0 Å². The number of carbonyl (C=O) groups excluding carboxylic acids is 1. The number of rotatable bonds is 3. The number of fused-ring (bicyclic) bond motifs is 1. The Balaban J connectivity index is 1.67. The lowest BCUT2D eigenvalue weighted by atomic mass is 10.0. The fourth-order valence-corrected chi connectivity index (χ4v) is 2.22. The number of benzene rings is 1. The Morgan fingerprint density at radius 1 is 1.42 bits per heavy atom. The fraction of sp³-hybridized carbons (Fsp3) is 0.308. The average molecular weight is 257 g/mol. The fourth-order valence-electron chi connectivity index (χ4n) is 2.22. The zero-order valence-corrected chi connectivity index (χ0v) is 10.5. The monoisotopic (exact) mass is 257 g/mol. The van der Waals surface area contributed by atoms with Crippen molar-refractivity contribution in [2.24, 2.45) is 0 Å². The molecule has 19 heavy (non-hydrogen) atoms. The van der Waals surface area contributed by atoms with Crippen LogP contribution in [0.5, 0.6) is 0 Å². The topological polar surface area (TPSA) is 71.8 Å². The third kappa shape index (κ3) is 2.79. The van der Waals surface area contributed by atoms with Gasteiger partial charge in [-0.25, -0.2) is 9.67 Å². The van der Waals surface area contributed by atoms with Gasteiger partial charge in [-0.15, -0.1) is 0 Å². The first-order valence-corrected chi connectivity index (χ1v) is 6.26. The number of nitrogens with zero attached hydrogens (tertiary/aromatic N) is 3. The minimum Gasteiger partial charge on any atom is -0.324 e. The lowest BCUT2D eigenvalue weighted by Crippen LogP contribution is -2.24. The van der Waals surface area contributed by atoms with Crippen LogP contribution >= 0.6 is 0 Å². The molecule has 0 atom stereocenters. The number of carbonyl (C=O) groups is 1. The zero-order chi connectivity index (χ0) is 13.1. The predicted octanol–water partition coefficient (Wildman–Crippen LogP) is 0.562. The SMILES string of the molecule is O=C(Cn1cncn1)Nc1ccc2c(c1)CNCC2. The summed E-state index contributed by atoms with van der Waals surface area (Å²) in [6, 6.07) is 6.06. The number of aromatic nitrogens is 3. The number of hydrogen-bond donors (Lipinski definition) is 2. The summed E-state index contributed by atoms with van der Waals surface area (Å²) in [6.45, 7) is 2.06. The molecule has 1 aliphatic heterocycles. The van der Waals surface area contributed by atoms with Crippen molar-refractivity contribution in [3.05, 3.63) is 42.0 Å². The van der Waals surface area contributed by atoms with E-state index in [4.69, 9.17) is 0 Å². The molecular weight excluding hydrogens is 242 g/mol. The molecule has 0 spiro atoms. The maximum atomic E-state index is 11.8. The molecule has 0 bridgehead atoms. The van der Waals surface area contributed by atoms with Crippen molar-refractivity contribution in [3.63, 3.8) is 0 Å². The van der Waals surface area contributed by atoms with Gasteiger partial charge in [-0.2, -0.15) is 5.10 Å². The molecule has 6 nitrogen and oxygen atoms in total. The van der Waals surface area contributed by atoms with Crippen molar-refractivity contribution in [1.29, 1.82) is 0 Å². The molecule has 0 aliphatic carbocycles. The number of nitrogens with one attached hydrogen (secondary N) is 2. The first-order chi connectivity index (χ1) is 9.31. The summed E-state index contributed by atoms with van der Waals surface area (Å²) in [5, 5.41) is 10.1. The van der Waals surface area contributed by atoms with Crippen LogP contribution in [0.4, 0.5) is 5.69 Å². The van der Waals surface area contributed by atoms with E-state index in [1.165, 1.54) is 28.5 Å². The molecule has 0 radical (unpaired) electrons. The Morgan fingerprint density at radius 2 is 2.37 bits per heavy atom. The molecule has 2 N–H and O–H groups in total. The van der Waals surface area contributed by atoms with Crippen molar-refractivity contribution in [1.82, 2.24) is 20.1 Å². The van der Waals surface area contributed by atoms with E-state index >= 15 is 0 Å². The molecule has 98 valence electrons. The van der Waals surface area contributed by atoms with Gasteiger partial charge in [0.15, 0.2) is 0 Å². The Labute approximate surface area is 110 Å². The normalized spacial score (nSPS) is 13.9. The van der Waals surface area contributed by atoms with E-state index in [-0.39, 0.29) is 12.5 Å². The molecule has 2 aromatic rings. The molecule has 0 saturated carbocycles. The van der Waals surface area contributed by atoms with Crippen LogP contribution in [0, 0.1) is 0 Å². The Bertz CT molecular complexity index is 579. The summed E-state index contributed by atoms with van der Waals surface area (Å²) in [6.07, 6.45) is 3.98. The van der Waals surface area contributed by atoms with Crippen molar-refractivity contribution in [2.75, 3.05) is 11.9 Å². The van der Waals surface area contributed by atoms with Gasteiger partial charge in [0.25, 0.3) is 0 Å². The van der Waals surface area contributed by atoms with Gasteiger partial charge >= 0.3 is 0 Å². The third-order valence-corrected chi connectivity index (χ3v) is 3.15. The number of anilines is 1. The Kier molecular flexibility index (Phi) is 3.24. The van der Waals surface area contributed by atoms with Crippen LogP contribution in [0.1, 0.15) is 11.1 Å². The number of hydrogen-bond acceptors (Lipinski definition) is 4. The van der Waals surface area contributed by atoms with Crippen molar-refractivity contribution in [3.8, 4) is 0 Å². The summed E-state index contributed by atoms with van der Waals surface area (Å²) in [5.74, 6) is -0.103. The molecule has 0 fully saturated rings. The van der Waals surface area contributed by atoms with E-state index in [9.17, 15) is 4.79 Å². The summed E-state index contributed by atoms with van der Waals surface area (Å²) in [5.41, 5.74) is 3.44. The second kappa shape index (κ2) is 5.19. The smallest absolute Gasteiger partial charge is 0.246 e. The van der Waals surface area contributed by atoms with Crippen LogP contribution in [0.15, 0.2) is 30.9 Å². The molecule has 6 heteroatoms. The first-order valence-electron chi connectivity index (χ1n) is 6.26. The molecule has 1 aromatic heterocycles. The Hall–Kier alpha value is -2.21. The molecule has 0 saturated heterocycles. The van der Waals surface area contributed by atoms with E-state index < -0.39 is 0 Å². The molecule has 2 heterocycles. The van der Waals surface area contributed by atoms with Crippen LogP contribution in [0.3, 0.4) is 0 Å². The van der Waals surface area contributed by atoms with Gasteiger partial charge in [0.05, 0.1) is 0 Å². The van der Waals surface area contributed by atoms with Gasteiger partial charge in [0.1, 0.15) is 19.2 Å². The van der Waals surface area contributed by atoms with E-state index in [0.717, 1.165) is 25.2 Å². The van der Waals surface area contributed by atoms with Gasteiger partial charge in [0.2, 0.25) is 5.91 Å². The third-order valence-electron chi connectivity index (χ3n) is 3.15. The van der Waals surface area contributed by atoms with Gasteiger partial charge in [0, 0.05) is 12.2 Å². The van der Waals surface area contributed by atoms with Crippen LogP contribution in [0.2, 0.25) is 0 Å². The highest BCUT2D eigenvalue weighted by molar-refractivity contribution is 5.90. The average Bonchev–Trinajstić information content (AvgIpc) is 2.91. The summed E-state index contributed by atoms with van der Waals surface area (Å²) in [4.78, 5) is 15.6. The summed E-state index contributed by atoms with van der Waals surface area (Å²) < 4.78 is 1.50. The van der Waals surface area contributed by atoms with Crippen molar-refractivity contribution in [2.45, 2.75) is 19.5 Å². The lowest BCUT2D eigenvalue weighted by molar-refractivity contribution is -0.116. The van der Waals surface area contributed by atoms with Crippen molar-refractivity contribution >= 4 is 11.6 Å². The minimum absolute atomic E-state index is 0.103. The molecule has 1 amide bonds. The Morgan fingerprint density at radius 3 is 3.21 bits per heavy atom. The quantitative estimate of drug-likeness (QED) is 0.843. The zero-order valence-electron chi connectivity index (χ0n) is 10.5. The highest BCUT2D eigenvalue weighted by Crippen LogP contribution is 2.18. The molecule has 1 aromatic carbocycles. The van der Waals surface area contributed by atoms with Gasteiger partial charge < -0.3 is 10.6 Å². The van der Waals surface area contributed by atoms with Gasteiger partial charge in [-0.3, -0.25) is 4.79 Å². The summed E-state index contributed by atoms with van der Waals surface area (Å²) in [7, 11) is 0.